The van der Waals surface area contributed by atoms with E-state index in [-0.39, 0.29) is 11.3 Å². The van der Waals surface area contributed by atoms with Crippen LogP contribution in [-0.2, 0) is 11.3 Å². The highest BCUT2D eigenvalue weighted by Crippen LogP contribution is 2.38. The molecule has 0 aliphatic heterocycles. The Morgan fingerprint density at radius 2 is 1.96 bits per heavy atom. The first-order chi connectivity index (χ1) is 11.1. The van der Waals surface area contributed by atoms with Crippen LogP contribution in [0.1, 0.15) is 44.1 Å². The Morgan fingerprint density at radius 1 is 1.22 bits per heavy atom. The predicted octanol–water partition coefficient (Wildman–Crippen LogP) is 2.62. The minimum atomic E-state index is -0.0131. The van der Waals surface area contributed by atoms with Crippen LogP contribution in [0.5, 0.6) is 11.5 Å². The molecule has 3 N–H and O–H groups in total. The molecular weight excluding hydrogens is 292 g/mol. The molecule has 1 fully saturated rings. The molecule has 2 rings (SSSR count). The fraction of sp³-hybridized carbons (Fsp3) is 0.611. The molecule has 1 amide bonds. The van der Waals surface area contributed by atoms with Crippen molar-refractivity contribution in [1.82, 2.24) is 5.32 Å². The number of ether oxygens (including phenoxy) is 2. The number of nitrogens with two attached hydrogens (primary N) is 1. The molecule has 0 aromatic heterocycles. The number of methoxy groups -OCH3 is 2. The Labute approximate surface area is 138 Å². The van der Waals surface area contributed by atoms with Gasteiger partial charge in [-0.3, -0.25) is 4.79 Å². The van der Waals surface area contributed by atoms with Gasteiger partial charge in [-0.05, 0) is 30.9 Å². The molecule has 1 saturated carbocycles. The van der Waals surface area contributed by atoms with Gasteiger partial charge in [0.1, 0.15) is 0 Å². The maximum Gasteiger partial charge on any atom is 0.220 e. The van der Waals surface area contributed by atoms with E-state index in [2.05, 4.69) is 5.32 Å². The zero-order valence-corrected chi connectivity index (χ0v) is 14.2. The van der Waals surface area contributed by atoms with E-state index in [0.29, 0.717) is 31.0 Å². The van der Waals surface area contributed by atoms with Crippen molar-refractivity contribution in [1.29, 1.82) is 0 Å². The Hall–Kier alpha value is -1.75. The van der Waals surface area contributed by atoms with Crippen molar-refractivity contribution in [3.05, 3.63) is 23.8 Å². The molecule has 5 nitrogen and oxygen atoms in total. The fourth-order valence-corrected chi connectivity index (χ4v) is 3.44. The summed E-state index contributed by atoms with van der Waals surface area (Å²) < 4.78 is 10.7. The second kappa shape index (κ2) is 8.20. The lowest BCUT2D eigenvalue weighted by atomic mass is 9.71. The second-order valence-corrected chi connectivity index (χ2v) is 6.37. The average molecular weight is 320 g/mol. The van der Waals surface area contributed by atoms with Crippen LogP contribution in [0.4, 0.5) is 0 Å². The van der Waals surface area contributed by atoms with Gasteiger partial charge in [-0.25, -0.2) is 0 Å². The summed E-state index contributed by atoms with van der Waals surface area (Å²) in [5.41, 5.74) is 6.86. The van der Waals surface area contributed by atoms with E-state index in [9.17, 15) is 4.79 Å². The lowest BCUT2D eigenvalue weighted by molar-refractivity contribution is -0.124. The third-order valence-corrected chi connectivity index (χ3v) is 4.84. The Morgan fingerprint density at radius 3 is 2.57 bits per heavy atom. The number of amides is 1. The Kier molecular flexibility index (Phi) is 6.28. The van der Waals surface area contributed by atoms with Gasteiger partial charge < -0.3 is 20.5 Å². The summed E-state index contributed by atoms with van der Waals surface area (Å²) in [6.45, 7) is 1.02. The van der Waals surface area contributed by atoms with E-state index >= 15 is 0 Å². The number of hydrogen-bond acceptors (Lipinski definition) is 4. The number of rotatable bonds is 7. The number of hydrogen-bond donors (Lipinski definition) is 2. The highest BCUT2D eigenvalue weighted by atomic mass is 16.5. The van der Waals surface area contributed by atoms with E-state index in [4.69, 9.17) is 15.2 Å². The van der Waals surface area contributed by atoms with E-state index in [1.54, 1.807) is 14.2 Å². The molecule has 0 bridgehead atoms. The summed E-state index contributed by atoms with van der Waals surface area (Å²) >= 11 is 0. The molecule has 1 aromatic rings. The Balaban J connectivity index is 1.96. The quantitative estimate of drug-likeness (QED) is 0.810. The van der Waals surface area contributed by atoms with Crippen molar-refractivity contribution >= 4 is 5.91 Å². The third-order valence-electron chi connectivity index (χ3n) is 4.84. The number of para-hydroxylation sites is 1. The summed E-state index contributed by atoms with van der Waals surface area (Å²) in [5.74, 6) is 1.40. The summed E-state index contributed by atoms with van der Waals surface area (Å²) in [6, 6.07) is 5.67. The standard InChI is InChI=1S/C18H28N2O3/c1-22-15-8-6-7-14(17(15)23-2)12-20-16(21)11-18(13-19)9-4-3-5-10-18/h6-8H,3-5,9-13,19H2,1-2H3,(H,20,21). The van der Waals surface area contributed by atoms with Crippen molar-refractivity contribution in [2.75, 3.05) is 20.8 Å². The van der Waals surface area contributed by atoms with Crippen LogP contribution in [0.2, 0.25) is 0 Å². The number of benzene rings is 1. The molecule has 0 unspecified atom stereocenters. The van der Waals surface area contributed by atoms with Gasteiger partial charge in [-0.15, -0.1) is 0 Å². The van der Waals surface area contributed by atoms with Gasteiger partial charge in [0.25, 0.3) is 0 Å². The van der Waals surface area contributed by atoms with Crippen molar-refractivity contribution < 1.29 is 14.3 Å². The highest BCUT2D eigenvalue weighted by molar-refractivity contribution is 5.76. The molecule has 128 valence electrons. The third kappa shape index (κ3) is 4.38. The van der Waals surface area contributed by atoms with Gasteiger partial charge in [-0.1, -0.05) is 31.4 Å². The topological polar surface area (TPSA) is 73.6 Å². The molecule has 0 heterocycles. The van der Waals surface area contributed by atoms with Gasteiger partial charge in [0.15, 0.2) is 11.5 Å². The minimum Gasteiger partial charge on any atom is -0.493 e. The van der Waals surface area contributed by atoms with Gasteiger partial charge in [0.2, 0.25) is 5.91 Å². The zero-order valence-electron chi connectivity index (χ0n) is 14.2. The first-order valence-electron chi connectivity index (χ1n) is 8.31. The lowest BCUT2D eigenvalue weighted by Gasteiger charge is -2.35. The van der Waals surface area contributed by atoms with E-state index in [1.807, 2.05) is 18.2 Å². The van der Waals surface area contributed by atoms with Crippen LogP contribution >= 0.6 is 0 Å². The van der Waals surface area contributed by atoms with Gasteiger partial charge >= 0.3 is 0 Å². The smallest absolute Gasteiger partial charge is 0.220 e. The molecular formula is C18H28N2O3. The maximum absolute atomic E-state index is 12.4. The molecule has 23 heavy (non-hydrogen) atoms. The van der Waals surface area contributed by atoms with Gasteiger partial charge in [-0.2, -0.15) is 0 Å². The van der Waals surface area contributed by atoms with E-state index in [1.165, 1.54) is 19.3 Å². The van der Waals surface area contributed by atoms with Crippen molar-refractivity contribution in [2.24, 2.45) is 11.1 Å². The fourth-order valence-electron chi connectivity index (χ4n) is 3.44. The maximum atomic E-state index is 12.4. The normalized spacial score (nSPS) is 16.7. The Bertz CT molecular complexity index is 525. The summed E-state index contributed by atoms with van der Waals surface area (Å²) in [7, 11) is 3.21. The zero-order chi connectivity index (χ0) is 16.7. The largest absolute Gasteiger partial charge is 0.493 e. The number of carbonyl (C=O) groups is 1. The SMILES string of the molecule is COc1cccc(CNC(=O)CC2(CN)CCCCC2)c1OC. The summed E-state index contributed by atoms with van der Waals surface area (Å²) in [5, 5.41) is 3.00. The second-order valence-electron chi connectivity index (χ2n) is 6.37. The molecule has 1 aromatic carbocycles. The molecule has 0 atom stereocenters. The van der Waals surface area contributed by atoms with Crippen LogP contribution in [0.3, 0.4) is 0 Å². The first-order valence-corrected chi connectivity index (χ1v) is 8.31. The van der Waals surface area contributed by atoms with Gasteiger partial charge in [0, 0.05) is 18.5 Å². The summed E-state index contributed by atoms with van der Waals surface area (Å²) in [6.07, 6.45) is 6.22. The van der Waals surface area contributed by atoms with E-state index in [0.717, 1.165) is 18.4 Å². The van der Waals surface area contributed by atoms with Crippen LogP contribution in [0.25, 0.3) is 0 Å². The first kappa shape index (κ1) is 17.6. The monoisotopic (exact) mass is 320 g/mol. The van der Waals surface area contributed by atoms with Crippen LogP contribution in [0.15, 0.2) is 18.2 Å². The number of nitrogens with one attached hydrogen (secondary N) is 1. The lowest BCUT2D eigenvalue weighted by Crippen LogP contribution is -2.38. The van der Waals surface area contributed by atoms with Crippen molar-refractivity contribution in [3.63, 3.8) is 0 Å². The average Bonchev–Trinajstić information content (AvgIpc) is 2.60. The molecule has 0 spiro atoms. The summed E-state index contributed by atoms with van der Waals surface area (Å²) in [4.78, 5) is 12.4. The molecule has 1 aliphatic rings. The predicted molar refractivity (Wildman–Crippen MR) is 90.6 cm³/mol. The highest BCUT2D eigenvalue weighted by Gasteiger charge is 2.32. The molecule has 5 heteroatoms. The minimum absolute atomic E-state index is 0.0131. The van der Waals surface area contributed by atoms with Crippen LogP contribution in [-0.4, -0.2) is 26.7 Å². The van der Waals surface area contributed by atoms with Crippen molar-refractivity contribution in [3.8, 4) is 11.5 Å². The van der Waals surface area contributed by atoms with Gasteiger partial charge in [0.05, 0.1) is 14.2 Å². The number of carbonyl (C=O) groups excluding carboxylic acids is 1. The van der Waals surface area contributed by atoms with Crippen molar-refractivity contribution in [2.45, 2.75) is 45.1 Å². The van der Waals surface area contributed by atoms with E-state index < -0.39 is 0 Å². The molecule has 0 saturated heterocycles. The molecule has 1 aliphatic carbocycles. The molecule has 0 radical (unpaired) electrons. The van der Waals surface area contributed by atoms with Crippen LogP contribution < -0.4 is 20.5 Å². The van der Waals surface area contributed by atoms with Crippen LogP contribution in [0, 0.1) is 5.41 Å².